The second kappa shape index (κ2) is 9.61. The number of aryl methyl sites for hydroxylation is 1. The fraction of sp³-hybridized carbons (Fsp3) is 0.174. The first-order valence-corrected chi connectivity index (χ1v) is 10.4. The third-order valence-corrected chi connectivity index (χ3v) is 5.84. The first-order chi connectivity index (χ1) is 15.2. The van der Waals surface area contributed by atoms with Crippen LogP contribution >= 0.6 is 11.8 Å². The van der Waals surface area contributed by atoms with Crippen LogP contribution in [0.5, 0.6) is 0 Å². The average molecular weight is 452 g/mol. The quantitative estimate of drug-likeness (QED) is 0.223. The number of ketones is 2. The Bertz CT molecular complexity index is 1220. The molecule has 0 aliphatic rings. The second-order valence-electron chi connectivity index (χ2n) is 7.04. The van der Waals surface area contributed by atoms with Crippen molar-refractivity contribution in [1.82, 2.24) is 4.98 Å². The summed E-state index contributed by atoms with van der Waals surface area (Å²) in [4.78, 5) is 51.6. The molecule has 1 aromatic heterocycles. The minimum atomic E-state index is -0.856. The summed E-state index contributed by atoms with van der Waals surface area (Å²) in [5.74, 6) is -1.53. The van der Waals surface area contributed by atoms with E-state index < -0.39 is 23.3 Å². The third-order valence-electron chi connectivity index (χ3n) is 4.77. The van der Waals surface area contributed by atoms with Gasteiger partial charge in [0.05, 0.1) is 21.1 Å². The van der Waals surface area contributed by atoms with Crippen molar-refractivity contribution >= 4 is 35.0 Å². The zero-order valence-electron chi connectivity index (χ0n) is 17.6. The van der Waals surface area contributed by atoms with Crippen LogP contribution in [0.1, 0.15) is 49.4 Å². The number of hydrogen-bond donors (Lipinski definition) is 1. The molecule has 3 rings (SSSR count). The van der Waals surface area contributed by atoms with Crippen LogP contribution in [-0.2, 0) is 4.74 Å². The molecular weight excluding hydrogens is 432 g/mol. The highest BCUT2D eigenvalue weighted by atomic mass is 32.2. The fourth-order valence-electron chi connectivity index (χ4n) is 3.33. The molecule has 9 heteroatoms. The summed E-state index contributed by atoms with van der Waals surface area (Å²) in [5, 5.41) is 11.5. The van der Waals surface area contributed by atoms with Crippen molar-refractivity contribution < 1.29 is 24.0 Å². The van der Waals surface area contributed by atoms with Gasteiger partial charge in [0.1, 0.15) is 0 Å². The lowest BCUT2D eigenvalue weighted by molar-refractivity contribution is -0.387. The maximum Gasteiger partial charge on any atom is 0.338 e. The lowest BCUT2D eigenvalue weighted by Gasteiger charge is -2.07. The molecule has 3 aromatic rings. The molecule has 0 radical (unpaired) electrons. The van der Waals surface area contributed by atoms with E-state index in [4.69, 9.17) is 4.74 Å². The van der Waals surface area contributed by atoms with Crippen molar-refractivity contribution in [2.24, 2.45) is 0 Å². The van der Waals surface area contributed by atoms with Crippen LogP contribution < -0.4 is 0 Å². The number of carbonyl (C=O) groups excluding carboxylic acids is 3. The van der Waals surface area contributed by atoms with Crippen LogP contribution in [0.3, 0.4) is 0 Å². The number of nitrogens with zero attached hydrogens (tertiary/aromatic N) is 1. The molecule has 0 saturated heterocycles. The predicted octanol–water partition coefficient (Wildman–Crippen LogP) is 4.93. The van der Waals surface area contributed by atoms with Crippen LogP contribution in [-0.4, -0.2) is 34.0 Å². The molecule has 164 valence electrons. The number of aromatic nitrogens is 1. The molecule has 0 spiro atoms. The number of ether oxygens (including phenoxy) is 1. The Morgan fingerprint density at radius 3 is 2.38 bits per heavy atom. The second-order valence-corrected chi connectivity index (χ2v) is 8.15. The van der Waals surface area contributed by atoms with Crippen LogP contribution in [0.4, 0.5) is 5.69 Å². The number of nitro groups is 1. The number of H-pyrrole nitrogens is 1. The molecule has 32 heavy (non-hydrogen) atoms. The maximum atomic E-state index is 12.5. The van der Waals surface area contributed by atoms with E-state index in [9.17, 15) is 24.5 Å². The van der Waals surface area contributed by atoms with Crippen LogP contribution in [0.15, 0.2) is 58.3 Å². The highest BCUT2D eigenvalue weighted by Crippen LogP contribution is 2.35. The smallest absolute Gasteiger partial charge is 0.338 e. The van der Waals surface area contributed by atoms with Gasteiger partial charge in [-0.1, -0.05) is 30.0 Å². The van der Waals surface area contributed by atoms with Gasteiger partial charge in [-0.15, -0.1) is 0 Å². The lowest BCUT2D eigenvalue weighted by Crippen LogP contribution is -2.15. The molecule has 0 unspecified atom stereocenters. The molecule has 8 nitrogen and oxygen atoms in total. The zero-order valence-corrected chi connectivity index (χ0v) is 18.4. The fourth-order valence-corrected chi connectivity index (χ4v) is 4.25. The number of carbonyl (C=O) groups is 3. The highest BCUT2D eigenvalue weighted by molar-refractivity contribution is 7.99. The minimum absolute atomic E-state index is 0.0364. The maximum absolute atomic E-state index is 12.5. The summed E-state index contributed by atoms with van der Waals surface area (Å²) in [6, 6.07) is 13.2. The van der Waals surface area contributed by atoms with E-state index in [1.807, 2.05) is 30.3 Å². The largest absolute Gasteiger partial charge is 0.454 e. The number of rotatable bonds is 8. The minimum Gasteiger partial charge on any atom is -0.454 e. The Hall–Kier alpha value is -3.72. The van der Waals surface area contributed by atoms with Gasteiger partial charge in [0.25, 0.3) is 5.69 Å². The van der Waals surface area contributed by atoms with E-state index in [-0.39, 0.29) is 22.7 Å². The van der Waals surface area contributed by atoms with Gasteiger partial charge in [-0.25, -0.2) is 4.79 Å². The monoisotopic (exact) mass is 452 g/mol. The summed E-state index contributed by atoms with van der Waals surface area (Å²) >= 11 is 1.21. The first-order valence-electron chi connectivity index (χ1n) is 9.60. The molecule has 0 amide bonds. The van der Waals surface area contributed by atoms with Gasteiger partial charge in [0.2, 0.25) is 5.78 Å². The van der Waals surface area contributed by atoms with Gasteiger partial charge in [-0.2, -0.15) is 0 Å². The summed E-state index contributed by atoms with van der Waals surface area (Å²) in [6.07, 6.45) is 0. The number of nitrogens with one attached hydrogen (secondary N) is 1. The molecule has 0 bridgehead atoms. The Morgan fingerprint density at radius 1 is 1.09 bits per heavy atom. The number of Topliss-reactive ketones (excluding diaryl/α,β-unsaturated/α-hetero) is 2. The standard InChI is InChI=1S/C23H20N2O6S/c1-13-21(15(3)26)14(2)24-22(13)19(27)12-31-23(28)16-9-10-20(18(11-16)25(29)30)32-17-7-5-4-6-8-17/h4-11,24H,12H2,1-3H3. The van der Waals surface area contributed by atoms with Crippen LogP contribution in [0, 0.1) is 24.0 Å². The Kier molecular flexibility index (Phi) is 6.89. The molecule has 0 saturated carbocycles. The first kappa shape index (κ1) is 23.0. The Balaban J connectivity index is 1.74. The number of nitro benzene ring substituents is 1. The molecule has 0 atom stereocenters. The number of hydrogen-bond acceptors (Lipinski definition) is 7. The lowest BCUT2D eigenvalue weighted by atomic mass is 10.1. The van der Waals surface area contributed by atoms with Gasteiger partial charge in [-0.3, -0.25) is 19.7 Å². The highest BCUT2D eigenvalue weighted by Gasteiger charge is 2.23. The van der Waals surface area contributed by atoms with Gasteiger partial charge < -0.3 is 9.72 Å². The molecule has 1 N–H and O–H groups in total. The van der Waals surface area contributed by atoms with Gasteiger partial charge >= 0.3 is 5.97 Å². The molecule has 2 aromatic carbocycles. The molecule has 0 aliphatic carbocycles. The average Bonchev–Trinajstić information content (AvgIpc) is 3.06. The summed E-state index contributed by atoms with van der Waals surface area (Å²) in [6.45, 7) is 4.16. The Morgan fingerprint density at radius 2 is 1.78 bits per heavy atom. The van der Waals surface area contributed by atoms with E-state index in [1.165, 1.54) is 30.8 Å². The molecule has 0 aliphatic heterocycles. The molecular formula is C23H20N2O6S. The van der Waals surface area contributed by atoms with Gasteiger partial charge in [0, 0.05) is 22.2 Å². The molecule has 1 heterocycles. The Labute approximate surface area is 188 Å². The normalized spacial score (nSPS) is 10.6. The van der Waals surface area contributed by atoms with Gasteiger partial charge in [-0.05, 0) is 50.6 Å². The summed E-state index contributed by atoms with van der Waals surface area (Å²) in [5.41, 5.74) is 1.41. The van der Waals surface area contributed by atoms with Crippen LogP contribution in [0.25, 0.3) is 0 Å². The van der Waals surface area contributed by atoms with Crippen molar-refractivity contribution in [3.63, 3.8) is 0 Å². The van der Waals surface area contributed by atoms with Gasteiger partial charge in [0.15, 0.2) is 12.4 Å². The van der Waals surface area contributed by atoms with E-state index in [0.717, 1.165) is 11.0 Å². The molecule has 0 fully saturated rings. The SMILES string of the molecule is CC(=O)c1c(C)[nH]c(C(=O)COC(=O)c2ccc(Sc3ccccc3)c([N+](=O)[O-])c2)c1C. The number of esters is 1. The topological polar surface area (TPSA) is 119 Å². The number of aromatic amines is 1. The predicted molar refractivity (Wildman–Crippen MR) is 119 cm³/mol. The van der Waals surface area contributed by atoms with Crippen LogP contribution in [0.2, 0.25) is 0 Å². The van der Waals surface area contributed by atoms with Crippen molar-refractivity contribution in [3.8, 4) is 0 Å². The zero-order chi connectivity index (χ0) is 23.4. The summed E-state index contributed by atoms with van der Waals surface area (Å²) in [7, 11) is 0. The third kappa shape index (κ3) is 4.94. The van der Waals surface area contributed by atoms with E-state index >= 15 is 0 Å². The van der Waals surface area contributed by atoms with Crippen molar-refractivity contribution in [1.29, 1.82) is 0 Å². The van der Waals surface area contributed by atoms with E-state index in [2.05, 4.69) is 4.98 Å². The summed E-state index contributed by atoms with van der Waals surface area (Å²) < 4.78 is 5.08. The number of benzene rings is 2. The van der Waals surface area contributed by atoms with Crippen molar-refractivity contribution in [3.05, 3.63) is 86.7 Å². The van der Waals surface area contributed by atoms with E-state index in [0.29, 0.717) is 21.7 Å². The van der Waals surface area contributed by atoms with Crippen molar-refractivity contribution in [2.75, 3.05) is 6.61 Å². The van der Waals surface area contributed by atoms with E-state index in [1.54, 1.807) is 13.8 Å². The van der Waals surface area contributed by atoms with Crippen molar-refractivity contribution in [2.45, 2.75) is 30.6 Å².